The third-order valence-corrected chi connectivity index (χ3v) is 4.18. The van der Waals surface area contributed by atoms with Gasteiger partial charge in [-0.2, -0.15) is 0 Å². The maximum atomic E-state index is 12.3. The Morgan fingerprint density at radius 3 is 3.00 bits per heavy atom. The lowest BCUT2D eigenvalue weighted by Gasteiger charge is -2.15. The van der Waals surface area contributed by atoms with E-state index in [2.05, 4.69) is 20.8 Å². The first kappa shape index (κ1) is 18.6. The van der Waals surface area contributed by atoms with E-state index in [4.69, 9.17) is 9.15 Å². The summed E-state index contributed by atoms with van der Waals surface area (Å²) in [6.45, 7) is 3.17. The van der Waals surface area contributed by atoms with Crippen molar-refractivity contribution in [3.8, 4) is 0 Å². The first-order valence-corrected chi connectivity index (χ1v) is 8.53. The van der Waals surface area contributed by atoms with Crippen molar-refractivity contribution >= 4 is 22.8 Å². The van der Waals surface area contributed by atoms with Gasteiger partial charge < -0.3 is 24.4 Å². The van der Waals surface area contributed by atoms with E-state index in [1.165, 1.54) is 4.57 Å². The number of oxazole rings is 1. The van der Waals surface area contributed by atoms with Crippen LogP contribution in [0.5, 0.6) is 0 Å². The van der Waals surface area contributed by atoms with Crippen molar-refractivity contribution in [1.29, 1.82) is 0 Å². The third kappa shape index (κ3) is 4.17. The predicted octanol–water partition coefficient (Wildman–Crippen LogP) is 1.64. The monoisotopic (exact) mass is 374 g/mol. The molecule has 0 fully saturated rings. The van der Waals surface area contributed by atoms with Crippen LogP contribution in [0.25, 0.3) is 11.1 Å². The quantitative estimate of drug-likeness (QED) is 0.607. The number of carbonyl (C=O) groups is 1. The summed E-state index contributed by atoms with van der Waals surface area (Å²) >= 11 is 0. The maximum absolute atomic E-state index is 12.3. The highest BCUT2D eigenvalue weighted by Crippen LogP contribution is 2.18. The summed E-state index contributed by atoms with van der Waals surface area (Å²) in [7, 11) is 3.26. The van der Waals surface area contributed by atoms with Gasteiger partial charge in [0.15, 0.2) is 11.4 Å². The number of carbonyl (C=O) groups excluding carboxylic acids is 1. The molecule has 0 spiro atoms. The fraction of sp³-hybridized carbons (Fsp3) is 0.412. The fourth-order valence-corrected chi connectivity index (χ4v) is 2.78. The first-order chi connectivity index (χ1) is 13.0. The number of hydrogen-bond donors (Lipinski definition) is 2. The number of fused-ring (bicyclic) bond motifs is 1. The molecular weight excluding hydrogens is 352 g/mol. The second-order valence-electron chi connectivity index (χ2n) is 6.16. The highest BCUT2D eigenvalue weighted by Gasteiger charge is 2.16. The van der Waals surface area contributed by atoms with Gasteiger partial charge in [0.25, 0.3) is 0 Å². The van der Waals surface area contributed by atoms with Crippen molar-refractivity contribution in [2.24, 2.45) is 7.05 Å². The molecule has 27 heavy (non-hydrogen) atoms. The summed E-state index contributed by atoms with van der Waals surface area (Å²) < 4.78 is 13.4. The van der Waals surface area contributed by atoms with Gasteiger partial charge in [0, 0.05) is 33.0 Å². The number of nitrogens with one attached hydrogen (secondary N) is 2. The zero-order valence-corrected chi connectivity index (χ0v) is 15.4. The van der Waals surface area contributed by atoms with E-state index in [1.807, 2.05) is 11.5 Å². The number of amides is 2. The second-order valence-corrected chi connectivity index (χ2v) is 6.16. The van der Waals surface area contributed by atoms with Crippen LogP contribution in [-0.2, 0) is 18.3 Å². The summed E-state index contributed by atoms with van der Waals surface area (Å²) in [4.78, 5) is 23.9. The number of anilines is 1. The van der Waals surface area contributed by atoms with E-state index in [0.717, 1.165) is 6.42 Å². The number of methoxy groups -OCH3 is 1. The van der Waals surface area contributed by atoms with Crippen molar-refractivity contribution < 1.29 is 13.9 Å². The van der Waals surface area contributed by atoms with Gasteiger partial charge in [-0.05, 0) is 31.5 Å². The van der Waals surface area contributed by atoms with Crippen LogP contribution in [0.2, 0.25) is 0 Å². The predicted molar refractivity (Wildman–Crippen MR) is 98.5 cm³/mol. The first-order valence-electron chi connectivity index (χ1n) is 8.53. The minimum Gasteiger partial charge on any atom is -0.408 e. The molecule has 144 valence electrons. The average molecular weight is 374 g/mol. The number of benzene rings is 1. The van der Waals surface area contributed by atoms with Gasteiger partial charge in [-0.3, -0.25) is 4.57 Å². The lowest BCUT2D eigenvalue weighted by molar-refractivity contribution is 0.189. The summed E-state index contributed by atoms with van der Waals surface area (Å²) in [5, 5.41) is 13.6. The smallest absolute Gasteiger partial charge is 0.408 e. The molecule has 0 aliphatic heterocycles. The van der Waals surface area contributed by atoms with Crippen LogP contribution in [0.3, 0.4) is 0 Å². The summed E-state index contributed by atoms with van der Waals surface area (Å²) in [6.07, 6.45) is 2.46. The van der Waals surface area contributed by atoms with Crippen LogP contribution in [0, 0.1) is 0 Å². The van der Waals surface area contributed by atoms with Gasteiger partial charge in [-0.1, -0.05) is 0 Å². The number of aryl methyl sites for hydroxylation is 2. The molecule has 1 aromatic carbocycles. The molecule has 10 nitrogen and oxygen atoms in total. The van der Waals surface area contributed by atoms with Gasteiger partial charge in [-0.25, -0.2) is 9.59 Å². The Hall–Kier alpha value is -3.14. The molecule has 0 aliphatic rings. The van der Waals surface area contributed by atoms with Crippen LogP contribution in [0.1, 0.15) is 25.2 Å². The minimum atomic E-state index is -0.451. The summed E-state index contributed by atoms with van der Waals surface area (Å²) in [5.41, 5.74) is 1.61. The molecule has 0 radical (unpaired) electrons. The fourth-order valence-electron chi connectivity index (χ4n) is 2.78. The van der Waals surface area contributed by atoms with E-state index in [9.17, 15) is 9.59 Å². The van der Waals surface area contributed by atoms with Gasteiger partial charge in [0.2, 0.25) is 0 Å². The van der Waals surface area contributed by atoms with E-state index in [1.54, 1.807) is 38.7 Å². The second kappa shape index (κ2) is 8.04. The number of aromatic nitrogens is 4. The van der Waals surface area contributed by atoms with E-state index < -0.39 is 5.76 Å². The molecule has 10 heteroatoms. The van der Waals surface area contributed by atoms with Crippen LogP contribution < -0.4 is 16.4 Å². The maximum Gasteiger partial charge on any atom is 0.419 e. The van der Waals surface area contributed by atoms with Crippen molar-refractivity contribution in [3.63, 3.8) is 0 Å². The number of ether oxygens (including phenoxy) is 1. The van der Waals surface area contributed by atoms with Gasteiger partial charge in [-0.15, -0.1) is 10.2 Å². The molecule has 2 heterocycles. The largest absolute Gasteiger partial charge is 0.419 e. The Balaban J connectivity index is 1.65. The standard InChI is InChI=1S/C17H22N6O4/c1-11(15-21-18-10-23(15)7-4-8-26-3)19-16(24)20-12-5-6-14-13(9-12)22(2)17(25)27-14/h5-6,9-11H,4,7-8H2,1-3H3,(H2,19,20,24). The molecule has 2 N–H and O–H groups in total. The topological polar surface area (TPSA) is 116 Å². The molecule has 2 aromatic heterocycles. The minimum absolute atomic E-state index is 0.336. The van der Waals surface area contributed by atoms with E-state index in [-0.39, 0.29) is 12.1 Å². The Morgan fingerprint density at radius 2 is 2.22 bits per heavy atom. The highest BCUT2D eigenvalue weighted by atomic mass is 16.5. The van der Waals surface area contributed by atoms with Crippen molar-refractivity contribution in [2.75, 3.05) is 19.0 Å². The zero-order chi connectivity index (χ0) is 19.4. The van der Waals surface area contributed by atoms with Crippen LogP contribution in [0.4, 0.5) is 10.5 Å². The Labute approximate surface area is 155 Å². The van der Waals surface area contributed by atoms with E-state index >= 15 is 0 Å². The number of rotatable bonds is 7. The molecule has 0 aliphatic carbocycles. The molecule has 0 saturated carbocycles. The molecule has 1 atom stereocenters. The lowest BCUT2D eigenvalue weighted by Crippen LogP contribution is -2.32. The summed E-state index contributed by atoms with van der Waals surface area (Å²) in [6, 6.07) is 4.27. The number of nitrogens with zero attached hydrogens (tertiary/aromatic N) is 4. The Kier molecular flexibility index (Phi) is 5.55. The third-order valence-electron chi connectivity index (χ3n) is 4.18. The van der Waals surface area contributed by atoms with Crippen molar-refractivity contribution in [3.05, 3.63) is 40.9 Å². The van der Waals surface area contributed by atoms with Gasteiger partial charge in [0.05, 0.1) is 11.6 Å². The number of hydrogen-bond acceptors (Lipinski definition) is 6. The molecule has 3 rings (SSSR count). The van der Waals surface area contributed by atoms with Gasteiger partial charge >= 0.3 is 11.8 Å². The van der Waals surface area contributed by atoms with Crippen LogP contribution >= 0.6 is 0 Å². The molecule has 3 aromatic rings. The molecule has 2 amide bonds. The SMILES string of the molecule is COCCCn1cnnc1C(C)NC(=O)Nc1ccc2oc(=O)n(C)c2c1. The summed E-state index contributed by atoms with van der Waals surface area (Å²) in [5.74, 6) is 0.210. The number of urea groups is 1. The van der Waals surface area contributed by atoms with Crippen molar-refractivity contribution in [2.45, 2.75) is 25.9 Å². The van der Waals surface area contributed by atoms with E-state index in [0.29, 0.717) is 35.8 Å². The molecule has 1 unspecified atom stereocenters. The highest BCUT2D eigenvalue weighted by molar-refractivity contribution is 5.91. The van der Waals surface area contributed by atoms with Crippen molar-refractivity contribution in [1.82, 2.24) is 24.6 Å². The van der Waals surface area contributed by atoms with Crippen LogP contribution in [0.15, 0.2) is 33.7 Å². The molecule has 0 saturated heterocycles. The van der Waals surface area contributed by atoms with Gasteiger partial charge in [0.1, 0.15) is 6.33 Å². The van der Waals surface area contributed by atoms with Crippen LogP contribution in [-0.4, -0.2) is 39.1 Å². The molecular formula is C17H22N6O4. The zero-order valence-electron chi connectivity index (χ0n) is 15.4. The Bertz CT molecular complexity index is 989. The Morgan fingerprint density at radius 1 is 1.41 bits per heavy atom. The molecule has 0 bridgehead atoms. The average Bonchev–Trinajstić information content (AvgIpc) is 3.21. The normalized spacial score (nSPS) is 12.3. The lowest BCUT2D eigenvalue weighted by atomic mass is 10.3.